The van der Waals surface area contributed by atoms with Gasteiger partial charge in [0.05, 0.1) is 12.7 Å². The van der Waals surface area contributed by atoms with Gasteiger partial charge in [-0.15, -0.1) is 0 Å². The summed E-state index contributed by atoms with van der Waals surface area (Å²) < 4.78 is 5.29. The van der Waals surface area contributed by atoms with Crippen LogP contribution in [0.5, 0.6) is 5.75 Å². The van der Waals surface area contributed by atoms with Crippen LogP contribution in [0.3, 0.4) is 0 Å². The van der Waals surface area contributed by atoms with Gasteiger partial charge in [0.1, 0.15) is 5.75 Å². The van der Waals surface area contributed by atoms with E-state index in [0.717, 1.165) is 5.75 Å². The second kappa shape index (κ2) is 6.98. The van der Waals surface area contributed by atoms with Gasteiger partial charge in [0, 0.05) is 18.2 Å². The van der Waals surface area contributed by atoms with Crippen LogP contribution in [0.25, 0.3) is 0 Å². The monoisotopic (exact) mass is 252 g/mol. The molecule has 0 aliphatic carbocycles. The molecule has 2 unspecified atom stereocenters. The summed E-state index contributed by atoms with van der Waals surface area (Å²) in [4.78, 5) is 11.8. The zero-order valence-corrected chi connectivity index (χ0v) is 10.7. The third kappa shape index (κ3) is 4.35. The lowest BCUT2D eigenvalue weighted by molar-refractivity contribution is 0.0937. The topological polar surface area (TPSA) is 84.6 Å². The molecule has 4 N–H and O–H groups in total. The molecule has 0 aliphatic rings. The van der Waals surface area contributed by atoms with E-state index in [1.807, 2.05) is 6.92 Å². The molecule has 5 heteroatoms. The van der Waals surface area contributed by atoms with Crippen LogP contribution in [0.15, 0.2) is 24.3 Å². The molecule has 2 atom stereocenters. The number of hydrogen-bond donors (Lipinski definition) is 3. The fourth-order valence-electron chi connectivity index (χ4n) is 1.35. The van der Waals surface area contributed by atoms with E-state index >= 15 is 0 Å². The van der Waals surface area contributed by atoms with E-state index in [2.05, 4.69) is 5.32 Å². The van der Waals surface area contributed by atoms with Gasteiger partial charge in [-0.2, -0.15) is 0 Å². The lowest BCUT2D eigenvalue weighted by Gasteiger charge is -2.15. The van der Waals surface area contributed by atoms with E-state index in [-0.39, 0.29) is 12.5 Å². The molecule has 0 aliphatic heterocycles. The molecule has 1 rings (SSSR count). The van der Waals surface area contributed by atoms with E-state index < -0.39 is 12.1 Å². The maximum absolute atomic E-state index is 11.8. The summed E-state index contributed by atoms with van der Waals surface area (Å²) in [6.45, 7) is 4.32. The van der Waals surface area contributed by atoms with E-state index in [4.69, 9.17) is 10.5 Å². The Bertz CT molecular complexity index is 376. The van der Waals surface area contributed by atoms with Crippen molar-refractivity contribution in [3.05, 3.63) is 29.8 Å². The number of aliphatic hydroxyl groups excluding tert-OH is 1. The first-order valence-corrected chi connectivity index (χ1v) is 5.99. The van der Waals surface area contributed by atoms with E-state index in [1.165, 1.54) is 0 Å². The van der Waals surface area contributed by atoms with Crippen LogP contribution in [0, 0.1) is 0 Å². The second-order valence-electron chi connectivity index (χ2n) is 4.07. The van der Waals surface area contributed by atoms with Crippen molar-refractivity contribution in [2.75, 3.05) is 13.2 Å². The highest BCUT2D eigenvalue weighted by atomic mass is 16.5. The maximum atomic E-state index is 11.8. The summed E-state index contributed by atoms with van der Waals surface area (Å²) in [6, 6.07) is 6.40. The molecule has 0 saturated carbocycles. The van der Waals surface area contributed by atoms with Crippen LogP contribution in [-0.4, -0.2) is 36.3 Å². The fourth-order valence-corrected chi connectivity index (χ4v) is 1.35. The van der Waals surface area contributed by atoms with Crippen LogP contribution < -0.4 is 15.8 Å². The molecule has 1 amide bonds. The van der Waals surface area contributed by atoms with Gasteiger partial charge in [-0.1, -0.05) is 0 Å². The van der Waals surface area contributed by atoms with Crippen LogP contribution in [-0.2, 0) is 0 Å². The van der Waals surface area contributed by atoms with Crippen molar-refractivity contribution in [1.82, 2.24) is 5.32 Å². The number of amides is 1. The number of hydrogen-bond acceptors (Lipinski definition) is 4. The fraction of sp³-hybridized carbons (Fsp3) is 0.462. The number of carbonyl (C=O) groups excluding carboxylic acids is 1. The molecule has 1 aromatic carbocycles. The van der Waals surface area contributed by atoms with Gasteiger partial charge in [0.25, 0.3) is 5.91 Å². The zero-order chi connectivity index (χ0) is 13.5. The Labute approximate surface area is 107 Å². The third-order valence-electron chi connectivity index (χ3n) is 2.55. The van der Waals surface area contributed by atoms with Gasteiger partial charge >= 0.3 is 0 Å². The lowest BCUT2D eigenvalue weighted by atomic mass is 10.1. The Morgan fingerprint density at radius 3 is 2.56 bits per heavy atom. The van der Waals surface area contributed by atoms with Gasteiger partial charge in [-0.05, 0) is 38.1 Å². The standard InChI is InChI=1S/C13H20N2O3/c1-3-18-11-6-4-10(5-7-11)13(17)15-8-12(14)9(2)16/h4-7,9,12,16H,3,8,14H2,1-2H3,(H,15,17). The van der Waals surface area contributed by atoms with E-state index in [0.29, 0.717) is 12.2 Å². The summed E-state index contributed by atoms with van der Waals surface area (Å²) in [7, 11) is 0. The molecule has 0 aromatic heterocycles. The van der Waals surface area contributed by atoms with Crippen LogP contribution >= 0.6 is 0 Å². The molecule has 0 radical (unpaired) electrons. The summed E-state index contributed by atoms with van der Waals surface area (Å²) in [5.41, 5.74) is 6.16. The van der Waals surface area contributed by atoms with Crippen molar-refractivity contribution in [3.63, 3.8) is 0 Å². The van der Waals surface area contributed by atoms with Gasteiger partial charge in [-0.3, -0.25) is 4.79 Å². The first kappa shape index (κ1) is 14.5. The minimum Gasteiger partial charge on any atom is -0.494 e. The average Bonchev–Trinajstić information content (AvgIpc) is 2.36. The van der Waals surface area contributed by atoms with Crippen molar-refractivity contribution in [3.8, 4) is 5.75 Å². The van der Waals surface area contributed by atoms with Crippen molar-refractivity contribution < 1.29 is 14.6 Å². The third-order valence-corrected chi connectivity index (χ3v) is 2.55. The Hall–Kier alpha value is -1.59. The SMILES string of the molecule is CCOc1ccc(C(=O)NCC(N)C(C)O)cc1. The highest BCUT2D eigenvalue weighted by Gasteiger charge is 2.11. The predicted octanol–water partition coefficient (Wildman–Crippen LogP) is 0.523. The number of nitrogens with two attached hydrogens (primary N) is 1. The highest BCUT2D eigenvalue weighted by Crippen LogP contribution is 2.11. The molecular weight excluding hydrogens is 232 g/mol. The quantitative estimate of drug-likeness (QED) is 0.689. The molecule has 0 bridgehead atoms. The summed E-state index contributed by atoms with van der Waals surface area (Å²) >= 11 is 0. The maximum Gasteiger partial charge on any atom is 0.251 e. The Morgan fingerprint density at radius 2 is 2.06 bits per heavy atom. The average molecular weight is 252 g/mol. The van der Waals surface area contributed by atoms with Gasteiger partial charge in [-0.25, -0.2) is 0 Å². The largest absolute Gasteiger partial charge is 0.494 e. The van der Waals surface area contributed by atoms with Crippen molar-refractivity contribution in [1.29, 1.82) is 0 Å². The van der Waals surface area contributed by atoms with Crippen molar-refractivity contribution in [2.24, 2.45) is 5.73 Å². The number of rotatable bonds is 6. The molecule has 0 fully saturated rings. The Balaban J connectivity index is 2.51. The minimum absolute atomic E-state index is 0.214. The van der Waals surface area contributed by atoms with Gasteiger partial charge in [0.15, 0.2) is 0 Å². The molecule has 1 aromatic rings. The van der Waals surface area contributed by atoms with E-state index in [9.17, 15) is 9.90 Å². The van der Waals surface area contributed by atoms with E-state index in [1.54, 1.807) is 31.2 Å². The number of benzene rings is 1. The molecule has 5 nitrogen and oxygen atoms in total. The summed E-state index contributed by atoms with van der Waals surface area (Å²) in [5.74, 6) is 0.517. The molecular formula is C13H20N2O3. The second-order valence-corrected chi connectivity index (χ2v) is 4.07. The zero-order valence-electron chi connectivity index (χ0n) is 10.7. The van der Waals surface area contributed by atoms with Crippen LogP contribution in [0.4, 0.5) is 0 Å². The van der Waals surface area contributed by atoms with Gasteiger partial charge < -0.3 is 20.9 Å². The summed E-state index contributed by atoms with van der Waals surface area (Å²) in [6.07, 6.45) is -0.648. The highest BCUT2D eigenvalue weighted by molar-refractivity contribution is 5.94. The molecule has 0 heterocycles. The number of carbonyl (C=O) groups is 1. The van der Waals surface area contributed by atoms with Crippen LogP contribution in [0.2, 0.25) is 0 Å². The number of aliphatic hydroxyl groups is 1. The normalized spacial score (nSPS) is 13.8. The van der Waals surface area contributed by atoms with Crippen molar-refractivity contribution >= 4 is 5.91 Å². The number of nitrogens with one attached hydrogen (secondary N) is 1. The molecule has 100 valence electrons. The van der Waals surface area contributed by atoms with Gasteiger partial charge in [0.2, 0.25) is 0 Å². The minimum atomic E-state index is -0.648. The summed E-state index contributed by atoms with van der Waals surface area (Å²) in [5, 5.41) is 11.9. The Kier molecular flexibility index (Phi) is 5.61. The Morgan fingerprint density at radius 1 is 1.44 bits per heavy atom. The lowest BCUT2D eigenvalue weighted by Crippen LogP contribution is -2.43. The number of ether oxygens (including phenoxy) is 1. The van der Waals surface area contributed by atoms with Crippen molar-refractivity contribution in [2.45, 2.75) is 26.0 Å². The van der Waals surface area contributed by atoms with Crippen LogP contribution in [0.1, 0.15) is 24.2 Å². The smallest absolute Gasteiger partial charge is 0.251 e. The predicted molar refractivity (Wildman–Crippen MR) is 69.6 cm³/mol. The first-order chi connectivity index (χ1) is 8.54. The molecule has 0 saturated heterocycles. The molecule has 18 heavy (non-hydrogen) atoms. The molecule has 0 spiro atoms. The first-order valence-electron chi connectivity index (χ1n) is 5.99.